The summed E-state index contributed by atoms with van der Waals surface area (Å²) in [7, 11) is 1.61. The fraction of sp³-hybridized carbons (Fsp3) is 0.500. The van der Waals surface area contributed by atoms with Gasteiger partial charge in [0.2, 0.25) is 0 Å². The Morgan fingerprint density at radius 3 is 2.48 bits per heavy atom. The van der Waals surface area contributed by atoms with Crippen molar-refractivity contribution >= 4 is 28.4 Å². The normalized spacial score (nSPS) is 12.7. The number of thiophene rings is 1. The molecule has 0 saturated heterocycles. The van der Waals surface area contributed by atoms with E-state index < -0.39 is 6.09 Å². The molecule has 168 valence electrons. The Labute approximate surface area is 188 Å². The van der Waals surface area contributed by atoms with Crippen molar-refractivity contribution in [1.82, 2.24) is 0 Å². The highest BCUT2D eigenvalue weighted by atomic mass is 32.1. The van der Waals surface area contributed by atoms with Crippen LogP contribution in [0.3, 0.4) is 0 Å². The Kier molecular flexibility index (Phi) is 8.35. The third-order valence-corrected chi connectivity index (χ3v) is 6.67. The van der Waals surface area contributed by atoms with Gasteiger partial charge in [-0.2, -0.15) is 0 Å². The number of aryl methyl sites for hydroxylation is 1. The molecule has 0 radical (unpaired) electrons. The summed E-state index contributed by atoms with van der Waals surface area (Å²) in [4.78, 5) is 28.8. The predicted octanol–water partition coefficient (Wildman–Crippen LogP) is 5.76. The van der Waals surface area contributed by atoms with Crippen molar-refractivity contribution in [2.24, 2.45) is 0 Å². The van der Waals surface area contributed by atoms with Gasteiger partial charge in [-0.05, 0) is 62.3 Å². The van der Waals surface area contributed by atoms with E-state index in [1.165, 1.54) is 16.2 Å². The SMILES string of the molecule is CCCCN(C(=O)OCc1ccc(OC)cc1)c1sc2c(c1C(=O)OCC)CCCC2. The molecule has 0 bridgehead atoms. The van der Waals surface area contributed by atoms with Gasteiger partial charge in [0.15, 0.2) is 0 Å². The van der Waals surface area contributed by atoms with Gasteiger partial charge >= 0.3 is 12.1 Å². The molecule has 1 amide bonds. The van der Waals surface area contributed by atoms with Gasteiger partial charge in [-0.15, -0.1) is 11.3 Å². The van der Waals surface area contributed by atoms with E-state index in [1.54, 1.807) is 18.9 Å². The molecule has 1 aromatic heterocycles. The van der Waals surface area contributed by atoms with Crippen LogP contribution in [0.1, 0.15) is 65.9 Å². The van der Waals surface area contributed by atoms with Gasteiger partial charge < -0.3 is 14.2 Å². The molecule has 7 heteroatoms. The van der Waals surface area contributed by atoms with Crippen molar-refractivity contribution < 1.29 is 23.8 Å². The number of benzene rings is 1. The number of ether oxygens (including phenoxy) is 3. The second-order valence-corrected chi connectivity index (χ2v) is 8.60. The molecule has 0 aliphatic heterocycles. The first-order valence-corrected chi connectivity index (χ1v) is 11.8. The largest absolute Gasteiger partial charge is 0.497 e. The fourth-order valence-electron chi connectivity index (χ4n) is 3.69. The number of anilines is 1. The van der Waals surface area contributed by atoms with Crippen LogP contribution in [0.2, 0.25) is 0 Å². The van der Waals surface area contributed by atoms with E-state index in [2.05, 4.69) is 6.92 Å². The van der Waals surface area contributed by atoms with Crippen molar-refractivity contribution in [2.45, 2.75) is 59.0 Å². The Bertz CT molecular complexity index is 890. The lowest BCUT2D eigenvalue weighted by Crippen LogP contribution is -2.33. The molecule has 0 N–H and O–H groups in total. The Morgan fingerprint density at radius 1 is 1.06 bits per heavy atom. The number of nitrogens with zero attached hydrogens (tertiary/aromatic N) is 1. The maximum absolute atomic E-state index is 13.1. The van der Waals surface area contributed by atoms with Crippen molar-refractivity contribution in [2.75, 3.05) is 25.2 Å². The smallest absolute Gasteiger partial charge is 0.415 e. The first-order valence-electron chi connectivity index (χ1n) is 11.0. The van der Waals surface area contributed by atoms with Crippen LogP contribution in [-0.2, 0) is 28.9 Å². The highest BCUT2D eigenvalue weighted by molar-refractivity contribution is 7.17. The average Bonchev–Trinajstić information content (AvgIpc) is 3.17. The standard InChI is InChI=1S/C24H31NO5S/c1-4-6-15-25(24(27)30-16-17-11-13-18(28-3)14-12-17)22-21(23(26)29-5-2)19-9-7-8-10-20(19)31-22/h11-14H,4-10,15-16H2,1-3H3. The Morgan fingerprint density at radius 2 is 1.81 bits per heavy atom. The molecule has 1 aliphatic rings. The van der Waals surface area contributed by atoms with Crippen LogP contribution < -0.4 is 9.64 Å². The summed E-state index contributed by atoms with van der Waals surface area (Å²) < 4.78 is 16.2. The van der Waals surface area contributed by atoms with Gasteiger partial charge in [0.05, 0.1) is 19.3 Å². The number of carbonyl (C=O) groups is 2. The van der Waals surface area contributed by atoms with Crippen LogP contribution in [0.5, 0.6) is 5.75 Å². The fourth-order valence-corrected chi connectivity index (χ4v) is 5.08. The van der Waals surface area contributed by atoms with Crippen LogP contribution in [-0.4, -0.2) is 32.3 Å². The zero-order valence-electron chi connectivity index (χ0n) is 18.6. The van der Waals surface area contributed by atoms with E-state index in [9.17, 15) is 9.59 Å². The molecule has 3 rings (SSSR count). The second kappa shape index (κ2) is 11.2. The molecule has 0 fully saturated rings. The van der Waals surface area contributed by atoms with Crippen LogP contribution in [0.4, 0.5) is 9.80 Å². The van der Waals surface area contributed by atoms with Crippen molar-refractivity contribution in [3.8, 4) is 5.75 Å². The lowest BCUT2D eigenvalue weighted by Gasteiger charge is -2.22. The van der Waals surface area contributed by atoms with E-state index in [0.717, 1.165) is 55.4 Å². The van der Waals surface area contributed by atoms with E-state index in [-0.39, 0.29) is 12.6 Å². The van der Waals surface area contributed by atoms with Gasteiger partial charge in [-0.1, -0.05) is 25.5 Å². The Hall–Kier alpha value is -2.54. The highest BCUT2D eigenvalue weighted by Gasteiger charge is 2.31. The van der Waals surface area contributed by atoms with Gasteiger partial charge in [0, 0.05) is 11.4 Å². The van der Waals surface area contributed by atoms with Crippen molar-refractivity contribution in [3.63, 3.8) is 0 Å². The van der Waals surface area contributed by atoms with Crippen LogP contribution in [0.25, 0.3) is 0 Å². The summed E-state index contributed by atoms with van der Waals surface area (Å²) in [5.41, 5.74) is 2.48. The van der Waals surface area contributed by atoms with Crippen LogP contribution >= 0.6 is 11.3 Å². The second-order valence-electron chi connectivity index (χ2n) is 7.52. The monoisotopic (exact) mass is 445 g/mol. The third-order valence-electron chi connectivity index (χ3n) is 5.35. The lowest BCUT2D eigenvalue weighted by molar-refractivity contribution is 0.0526. The number of methoxy groups -OCH3 is 1. The number of hydrogen-bond acceptors (Lipinski definition) is 6. The van der Waals surface area contributed by atoms with E-state index in [1.807, 2.05) is 24.3 Å². The topological polar surface area (TPSA) is 65.1 Å². The summed E-state index contributed by atoms with van der Waals surface area (Å²) in [5, 5.41) is 0.665. The first-order chi connectivity index (χ1) is 15.1. The number of rotatable bonds is 9. The van der Waals surface area contributed by atoms with E-state index in [4.69, 9.17) is 14.2 Å². The number of carbonyl (C=O) groups excluding carboxylic acids is 2. The zero-order chi connectivity index (χ0) is 22.2. The van der Waals surface area contributed by atoms with E-state index in [0.29, 0.717) is 23.7 Å². The van der Waals surface area contributed by atoms with Gasteiger partial charge in [-0.3, -0.25) is 4.90 Å². The molecule has 31 heavy (non-hydrogen) atoms. The molecule has 1 heterocycles. The summed E-state index contributed by atoms with van der Waals surface area (Å²) >= 11 is 1.54. The van der Waals surface area contributed by atoms with Crippen molar-refractivity contribution in [1.29, 1.82) is 0 Å². The first kappa shape index (κ1) is 23.1. The van der Waals surface area contributed by atoms with Gasteiger partial charge in [0.25, 0.3) is 0 Å². The maximum Gasteiger partial charge on any atom is 0.415 e. The van der Waals surface area contributed by atoms with Crippen molar-refractivity contribution in [3.05, 3.63) is 45.8 Å². The number of hydrogen-bond donors (Lipinski definition) is 0. The van der Waals surface area contributed by atoms with Crippen LogP contribution in [0.15, 0.2) is 24.3 Å². The summed E-state index contributed by atoms with van der Waals surface area (Å²) in [5.74, 6) is 0.407. The zero-order valence-corrected chi connectivity index (χ0v) is 19.4. The molecule has 1 aliphatic carbocycles. The average molecular weight is 446 g/mol. The summed E-state index contributed by atoms with van der Waals surface area (Å²) in [6.45, 7) is 4.84. The molecule has 0 spiro atoms. The summed E-state index contributed by atoms with van der Waals surface area (Å²) in [6.07, 6.45) is 5.26. The maximum atomic E-state index is 13.1. The minimum Gasteiger partial charge on any atom is -0.497 e. The molecule has 0 atom stereocenters. The molecule has 0 unspecified atom stereocenters. The minimum absolute atomic E-state index is 0.158. The predicted molar refractivity (Wildman–Crippen MR) is 122 cm³/mol. The molecular weight excluding hydrogens is 414 g/mol. The summed E-state index contributed by atoms with van der Waals surface area (Å²) in [6, 6.07) is 7.42. The van der Waals surface area contributed by atoms with E-state index >= 15 is 0 Å². The highest BCUT2D eigenvalue weighted by Crippen LogP contribution is 2.41. The molecule has 2 aromatic rings. The number of fused-ring (bicyclic) bond motifs is 1. The molecule has 0 saturated carbocycles. The van der Waals surface area contributed by atoms with Gasteiger partial charge in [0.1, 0.15) is 17.4 Å². The molecular formula is C24H31NO5S. The lowest BCUT2D eigenvalue weighted by atomic mass is 9.95. The number of unbranched alkanes of at least 4 members (excludes halogenated alkanes) is 1. The Balaban J connectivity index is 1.86. The molecule has 1 aromatic carbocycles. The quantitative estimate of drug-likeness (QED) is 0.460. The number of esters is 1. The minimum atomic E-state index is -0.437. The number of amides is 1. The van der Waals surface area contributed by atoms with Crippen LogP contribution in [0, 0.1) is 0 Å². The third kappa shape index (κ3) is 5.58. The molecule has 6 nitrogen and oxygen atoms in total. The van der Waals surface area contributed by atoms with Gasteiger partial charge in [-0.25, -0.2) is 9.59 Å².